The maximum Gasteiger partial charge on any atom is 0.333 e. The van der Waals surface area contributed by atoms with Crippen LogP contribution in [0.25, 0.3) is 12.2 Å². The fourth-order valence-electron chi connectivity index (χ4n) is 3.38. The summed E-state index contributed by atoms with van der Waals surface area (Å²) in [6.45, 7) is 3.99. The monoisotopic (exact) mass is 506 g/mol. The number of thiazole rings is 1. The van der Waals surface area contributed by atoms with Gasteiger partial charge in [0.15, 0.2) is 11.5 Å². The smallest absolute Gasteiger partial charge is 0.333 e. The van der Waals surface area contributed by atoms with E-state index in [4.69, 9.17) is 23.7 Å². The zero-order valence-corrected chi connectivity index (χ0v) is 20.9. The van der Waals surface area contributed by atoms with Gasteiger partial charge in [0.05, 0.1) is 30.4 Å². The van der Waals surface area contributed by atoms with Crippen molar-refractivity contribution in [2.24, 2.45) is 0 Å². The summed E-state index contributed by atoms with van der Waals surface area (Å²) in [5, 5.41) is 0. The van der Waals surface area contributed by atoms with E-state index in [0.717, 1.165) is 16.9 Å². The molecule has 1 aromatic carbocycles. The van der Waals surface area contributed by atoms with Gasteiger partial charge in [-0.15, -0.1) is 11.3 Å². The molecule has 0 unspecified atom stereocenters. The van der Waals surface area contributed by atoms with Crippen molar-refractivity contribution in [1.82, 2.24) is 9.47 Å². The molecule has 0 fully saturated rings. The van der Waals surface area contributed by atoms with Crippen LogP contribution in [0.15, 0.2) is 23.0 Å². The first-order valence-corrected chi connectivity index (χ1v) is 12.0. The third-order valence-electron chi connectivity index (χ3n) is 5.11. The summed E-state index contributed by atoms with van der Waals surface area (Å²) in [7, 11) is 3.10. The molecule has 3 rings (SSSR count). The summed E-state index contributed by atoms with van der Waals surface area (Å²) in [6, 6.07) is 5.38. The van der Waals surface area contributed by atoms with Crippen molar-refractivity contribution in [1.29, 1.82) is 0 Å². The second-order valence-corrected chi connectivity index (χ2v) is 8.57. The molecule has 35 heavy (non-hydrogen) atoms. The molecule has 0 saturated heterocycles. The molecule has 0 radical (unpaired) electrons. The summed E-state index contributed by atoms with van der Waals surface area (Å²) < 4.78 is 28.4. The van der Waals surface area contributed by atoms with Crippen molar-refractivity contribution in [2.45, 2.75) is 13.5 Å². The number of fused-ring (bicyclic) bond motifs is 1. The molecular formula is C24H30N2O8S. The second-order valence-electron chi connectivity index (χ2n) is 7.51. The molecule has 0 bridgehead atoms. The van der Waals surface area contributed by atoms with Crippen LogP contribution < -0.4 is 24.2 Å². The number of benzene rings is 1. The minimum absolute atomic E-state index is 0.196. The lowest BCUT2D eigenvalue weighted by Gasteiger charge is -2.22. The van der Waals surface area contributed by atoms with Gasteiger partial charge in [-0.1, -0.05) is 6.07 Å². The highest BCUT2D eigenvalue weighted by Gasteiger charge is 2.17. The van der Waals surface area contributed by atoms with Crippen molar-refractivity contribution in [3.05, 3.63) is 43.3 Å². The topological polar surface area (TPSA) is 106 Å². The molecule has 2 aromatic rings. The lowest BCUT2D eigenvalue weighted by molar-refractivity contribution is -0.136. The minimum Gasteiger partial charge on any atom is -0.486 e. The van der Waals surface area contributed by atoms with Crippen LogP contribution in [0.5, 0.6) is 11.5 Å². The number of amides is 1. The molecule has 0 aliphatic carbocycles. The highest BCUT2D eigenvalue weighted by Crippen LogP contribution is 2.30. The summed E-state index contributed by atoms with van der Waals surface area (Å²) >= 11 is 1.11. The molecule has 0 saturated carbocycles. The van der Waals surface area contributed by atoms with Crippen molar-refractivity contribution in [2.75, 3.05) is 60.3 Å². The first-order chi connectivity index (χ1) is 17.0. The fraction of sp³-hybridized carbons (Fsp3) is 0.458. The highest BCUT2D eigenvalue weighted by molar-refractivity contribution is 7.07. The zero-order valence-electron chi connectivity index (χ0n) is 20.1. The van der Waals surface area contributed by atoms with Gasteiger partial charge in [0.1, 0.15) is 24.4 Å². The molecule has 0 spiro atoms. The molecule has 10 nitrogen and oxygen atoms in total. The van der Waals surface area contributed by atoms with E-state index in [9.17, 15) is 14.4 Å². The number of rotatable bonds is 11. The van der Waals surface area contributed by atoms with Gasteiger partial charge in [-0.3, -0.25) is 14.2 Å². The standard InChI is InChI=1S/C24H30N2O8S/c1-4-32-23(28)15-22-26(16-21(27)25(7-9-30-2)8-10-31-3)24(29)20(35-22)14-17-5-6-18-19(13-17)34-12-11-33-18/h5-6,13-15H,4,7-12,16H2,1-3H3/b20-14-,22-15-. The van der Waals surface area contributed by atoms with Crippen molar-refractivity contribution in [3.63, 3.8) is 0 Å². The SMILES string of the molecule is CCOC(=O)/C=c1\s/c(=C\c2ccc3c(c2)OCCO3)c(=O)n1CC(=O)N(CCOC)CCOC. The molecule has 1 aliphatic rings. The van der Waals surface area contributed by atoms with E-state index in [1.165, 1.54) is 10.6 Å². The van der Waals surface area contributed by atoms with Crippen LogP contribution in [0.2, 0.25) is 0 Å². The number of aromatic nitrogens is 1. The lowest BCUT2D eigenvalue weighted by atomic mass is 10.2. The first-order valence-electron chi connectivity index (χ1n) is 11.2. The molecule has 190 valence electrons. The van der Waals surface area contributed by atoms with Crippen molar-refractivity contribution < 1.29 is 33.3 Å². The average molecular weight is 507 g/mol. The van der Waals surface area contributed by atoms with Crippen LogP contribution in [0.4, 0.5) is 0 Å². The molecular weight excluding hydrogens is 476 g/mol. The number of esters is 1. The highest BCUT2D eigenvalue weighted by atomic mass is 32.1. The van der Waals surface area contributed by atoms with E-state index in [2.05, 4.69) is 0 Å². The average Bonchev–Trinajstić information content (AvgIpc) is 3.12. The minimum atomic E-state index is -0.587. The largest absolute Gasteiger partial charge is 0.486 e. The van der Waals surface area contributed by atoms with Gasteiger partial charge < -0.3 is 28.6 Å². The van der Waals surface area contributed by atoms with Gasteiger partial charge in [0.25, 0.3) is 5.56 Å². The van der Waals surface area contributed by atoms with Gasteiger partial charge in [-0.25, -0.2) is 4.79 Å². The molecule has 1 aromatic heterocycles. The molecule has 11 heteroatoms. The summed E-state index contributed by atoms with van der Waals surface area (Å²) in [6.07, 6.45) is 2.93. The second kappa shape index (κ2) is 13.1. The number of hydrogen-bond acceptors (Lipinski definition) is 9. The number of hydrogen-bond donors (Lipinski definition) is 0. The lowest BCUT2D eigenvalue weighted by Crippen LogP contribution is -2.43. The van der Waals surface area contributed by atoms with E-state index in [1.807, 2.05) is 6.07 Å². The van der Waals surface area contributed by atoms with Crippen LogP contribution in [-0.4, -0.2) is 81.7 Å². The molecule has 0 N–H and O–H groups in total. The van der Waals surface area contributed by atoms with E-state index >= 15 is 0 Å². The van der Waals surface area contributed by atoms with Gasteiger partial charge in [0, 0.05) is 27.3 Å². The molecule has 1 aliphatic heterocycles. The number of ether oxygens (including phenoxy) is 5. The Morgan fingerprint density at radius 3 is 2.46 bits per heavy atom. The van der Waals surface area contributed by atoms with Crippen LogP contribution in [0.3, 0.4) is 0 Å². The van der Waals surface area contributed by atoms with Crippen molar-refractivity contribution >= 4 is 35.4 Å². The molecule has 0 atom stereocenters. The van der Waals surface area contributed by atoms with E-state index < -0.39 is 5.97 Å². The first kappa shape index (κ1) is 26.5. The van der Waals surface area contributed by atoms with Crippen molar-refractivity contribution in [3.8, 4) is 11.5 Å². The van der Waals surface area contributed by atoms with Crippen LogP contribution in [0.1, 0.15) is 12.5 Å². The normalized spacial score (nSPS) is 13.7. The quantitative estimate of drug-likeness (QED) is 0.392. The van der Waals surface area contributed by atoms with Crippen LogP contribution >= 0.6 is 11.3 Å². The maximum atomic E-state index is 13.3. The predicted molar refractivity (Wildman–Crippen MR) is 130 cm³/mol. The third-order valence-corrected chi connectivity index (χ3v) is 6.16. The predicted octanol–water partition coefficient (Wildman–Crippen LogP) is -0.0252. The summed E-state index contributed by atoms with van der Waals surface area (Å²) in [4.78, 5) is 40.1. The summed E-state index contributed by atoms with van der Waals surface area (Å²) in [5.74, 6) is 0.369. The number of carbonyl (C=O) groups is 2. The third kappa shape index (κ3) is 7.17. The number of carbonyl (C=O) groups excluding carboxylic acids is 2. The summed E-state index contributed by atoms with van der Waals surface area (Å²) in [5.41, 5.74) is 0.350. The Labute approximate surface area is 206 Å². The van der Waals surface area contributed by atoms with E-state index in [1.54, 1.807) is 44.3 Å². The Morgan fingerprint density at radius 1 is 1.11 bits per heavy atom. The van der Waals surface area contributed by atoms with E-state index in [0.29, 0.717) is 60.2 Å². The zero-order chi connectivity index (χ0) is 25.2. The number of methoxy groups -OCH3 is 2. The Hall–Kier alpha value is -3.15. The Balaban J connectivity index is 2.00. The van der Waals surface area contributed by atoms with Gasteiger partial charge in [-0.05, 0) is 30.7 Å². The van der Waals surface area contributed by atoms with Gasteiger partial charge >= 0.3 is 5.97 Å². The Morgan fingerprint density at radius 2 is 1.80 bits per heavy atom. The number of nitrogens with zero attached hydrogens (tertiary/aromatic N) is 2. The maximum absolute atomic E-state index is 13.3. The molecule has 1 amide bonds. The van der Waals surface area contributed by atoms with Gasteiger partial charge in [-0.2, -0.15) is 0 Å². The molecule has 2 heterocycles. The fourth-order valence-corrected chi connectivity index (χ4v) is 4.41. The van der Waals surface area contributed by atoms with Crippen LogP contribution in [-0.2, 0) is 30.3 Å². The van der Waals surface area contributed by atoms with Crippen LogP contribution in [0, 0.1) is 0 Å². The Kier molecular flexibility index (Phi) is 9.88. The van der Waals surface area contributed by atoms with E-state index in [-0.39, 0.29) is 24.6 Å². The Bertz CT molecular complexity index is 1200. The van der Waals surface area contributed by atoms with Gasteiger partial charge in [0.2, 0.25) is 5.91 Å².